The van der Waals surface area contributed by atoms with Crippen LogP contribution in [0.25, 0.3) is 0 Å². The molecular formula is C18H23N. The van der Waals surface area contributed by atoms with Gasteiger partial charge in [-0.15, -0.1) is 0 Å². The van der Waals surface area contributed by atoms with Crippen LogP contribution >= 0.6 is 0 Å². The number of nitrogens with one attached hydrogen (secondary N) is 1. The molecule has 0 heterocycles. The topological polar surface area (TPSA) is 12.0 Å². The summed E-state index contributed by atoms with van der Waals surface area (Å²) < 4.78 is 0. The molecule has 0 bridgehead atoms. The van der Waals surface area contributed by atoms with Crippen LogP contribution in [0.4, 0.5) is 0 Å². The molecule has 0 saturated carbocycles. The van der Waals surface area contributed by atoms with Gasteiger partial charge < -0.3 is 5.32 Å². The minimum atomic E-state index is 0.398. The van der Waals surface area contributed by atoms with E-state index in [2.05, 4.69) is 79.8 Å². The Kier molecular flexibility index (Phi) is 5.17. The molecule has 2 atom stereocenters. The van der Waals surface area contributed by atoms with Crippen LogP contribution in [0.1, 0.15) is 37.4 Å². The lowest BCUT2D eigenvalue weighted by Crippen LogP contribution is -2.32. The highest BCUT2D eigenvalue weighted by atomic mass is 14.9. The molecule has 1 heteroatoms. The highest BCUT2D eigenvalue weighted by Crippen LogP contribution is 2.14. The molecule has 2 aromatic rings. The van der Waals surface area contributed by atoms with Gasteiger partial charge in [-0.05, 0) is 30.9 Å². The van der Waals surface area contributed by atoms with E-state index >= 15 is 0 Å². The van der Waals surface area contributed by atoms with Crippen molar-refractivity contribution in [3.63, 3.8) is 0 Å². The molecule has 0 unspecified atom stereocenters. The van der Waals surface area contributed by atoms with Crippen LogP contribution in [0.15, 0.2) is 60.7 Å². The summed E-state index contributed by atoms with van der Waals surface area (Å²) in [6, 6.07) is 22.3. The van der Waals surface area contributed by atoms with Gasteiger partial charge in [0.25, 0.3) is 0 Å². The van der Waals surface area contributed by atoms with E-state index in [-0.39, 0.29) is 0 Å². The second kappa shape index (κ2) is 7.10. The highest BCUT2D eigenvalue weighted by Gasteiger charge is 2.12. The van der Waals surface area contributed by atoms with Gasteiger partial charge in [0.15, 0.2) is 0 Å². The monoisotopic (exact) mass is 253 g/mol. The molecule has 0 saturated heterocycles. The van der Waals surface area contributed by atoms with Crippen molar-refractivity contribution >= 4 is 0 Å². The van der Waals surface area contributed by atoms with Gasteiger partial charge in [0.1, 0.15) is 0 Å². The van der Waals surface area contributed by atoms with Crippen LogP contribution in [0.3, 0.4) is 0 Å². The highest BCUT2D eigenvalue weighted by molar-refractivity contribution is 5.19. The lowest BCUT2D eigenvalue weighted by Gasteiger charge is -2.22. The van der Waals surface area contributed by atoms with Gasteiger partial charge in [-0.1, -0.05) is 67.6 Å². The molecule has 0 aromatic heterocycles. The number of benzene rings is 2. The molecule has 2 aromatic carbocycles. The summed E-state index contributed by atoms with van der Waals surface area (Å²) in [5, 5.41) is 3.73. The zero-order valence-electron chi connectivity index (χ0n) is 11.8. The zero-order valence-corrected chi connectivity index (χ0v) is 11.8. The Labute approximate surface area is 116 Å². The minimum Gasteiger partial charge on any atom is -0.307 e. The lowest BCUT2D eigenvalue weighted by atomic mass is 10.0. The second-order valence-electron chi connectivity index (χ2n) is 5.09. The minimum absolute atomic E-state index is 0.398. The van der Waals surface area contributed by atoms with Crippen molar-refractivity contribution in [1.82, 2.24) is 5.32 Å². The van der Waals surface area contributed by atoms with Crippen molar-refractivity contribution in [2.75, 3.05) is 0 Å². The first-order valence-electron chi connectivity index (χ1n) is 7.14. The molecule has 0 radical (unpaired) electrons. The van der Waals surface area contributed by atoms with E-state index in [0.717, 1.165) is 12.8 Å². The fourth-order valence-electron chi connectivity index (χ4n) is 2.41. The fourth-order valence-corrected chi connectivity index (χ4v) is 2.41. The zero-order chi connectivity index (χ0) is 13.5. The maximum Gasteiger partial charge on any atom is 0.0294 e. The third kappa shape index (κ3) is 4.22. The van der Waals surface area contributed by atoms with Crippen LogP contribution in [-0.2, 0) is 6.42 Å². The van der Waals surface area contributed by atoms with Gasteiger partial charge in [-0.25, -0.2) is 0 Å². The summed E-state index contributed by atoms with van der Waals surface area (Å²) >= 11 is 0. The predicted octanol–water partition coefficient (Wildman–Crippen LogP) is 4.36. The van der Waals surface area contributed by atoms with Crippen LogP contribution in [0.2, 0.25) is 0 Å². The normalized spacial score (nSPS) is 14.0. The molecule has 0 spiro atoms. The second-order valence-corrected chi connectivity index (χ2v) is 5.09. The van der Waals surface area contributed by atoms with E-state index in [1.165, 1.54) is 11.1 Å². The summed E-state index contributed by atoms with van der Waals surface area (Å²) in [6.45, 7) is 4.49. The molecule has 0 aliphatic heterocycles. The van der Waals surface area contributed by atoms with E-state index in [0.29, 0.717) is 12.1 Å². The Bertz CT molecular complexity index is 464. The predicted molar refractivity (Wildman–Crippen MR) is 82.2 cm³/mol. The summed E-state index contributed by atoms with van der Waals surface area (Å²) in [5.74, 6) is 0. The number of hydrogen-bond acceptors (Lipinski definition) is 1. The van der Waals surface area contributed by atoms with Gasteiger partial charge >= 0.3 is 0 Å². The SMILES string of the molecule is CC[C@@H](Cc1ccccc1)N[C@H](C)c1ccccc1. The molecule has 1 nitrogen and oxygen atoms in total. The summed E-state index contributed by atoms with van der Waals surface area (Å²) in [4.78, 5) is 0. The average Bonchev–Trinajstić information content (AvgIpc) is 2.48. The average molecular weight is 253 g/mol. The van der Waals surface area contributed by atoms with Crippen LogP contribution in [-0.4, -0.2) is 6.04 Å². The Morgan fingerprint density at radius 1 is 0.895 bits per heavy atom. The van der Waals surface area contributed by atoms with Gasteiger partial charge in [0.2, 0.25) is 0 Å². The molecule has 0 aliphatic rings. The van der Waals surface area contributed by atoms with Crippen LogP contribution < -0.4 is 5.32 Å². The fraction of sp³-hybridized carbons (Fsp3) is 0.333. The van der Waals surface area contributed by atoms with Crippen LogP contribution in [0.5, 0.6) is 0 Å². The smallest absolute Gasteiger partial charge is 0.0294 e. The van der Waals surface area contributed by atoms with Crippen molar-refractivity contribution in [2.24, 2.45) is 0 Å². The third-order valence-electron chi connectivity index (χ3n) is 3.60. The van der Waals surface area contributed by atoms with Gasteiger partial charge in [-0.3, -0.25) is 0 Å². The molecule has 1 N–H and O–H groups in total. The molecule has 0 fully saturated rings. The molecule has 0 aliphatic carbocycles. The molecule has 2 rings (SSSR count). The quantitative estimate of drug-likeness (QED) is 0.806. The maximum atomic E-state index is 3.73. The first-order valence-corrected chi connectivity index (χ1v) is 7.14. The van der Waals surface area contributed by atoms with E-state index in [4.69, 9.17) is 0 Å². The molecule has 19 heavy (non-hydrogen) atoms. The summed E-state index contributed by atoms with van der Waals surface area (Å²) in [6.07, 6.45) is 2.24. The van der Waals surface area contributed by atoms with Crippen molar-refractivity contribution in [3.8, 4) is 0 Å². The molecule has 0 amide bonds. The first kappa shape index (κ1) is 13.8. The Balaban J connectivity index is 1.96. The van der Waals surface area contributed by atoms with E-state index in [1.807, 2.05) is 0 Å². The lowest BCUT2D eigenvalue weighted by molar-refractivity contribution is 0.440. The summed E-state index contributed by atoms with van der Waals surface area (Å²) in [5.41, 5.74) is 2.76. The van der Waals surface area contributed by atoms with Gasteiger partial charge in [-0.2, -0.15) is 0 Å². The third-order valence-corrected chi connectivity index (χ3v) is 3.60. The maximum absolute atomic E-state index is 3.73. The van der Waals surface area contributed by atoms with Gasteiger partial charge in [0.05, 0.1) is 0 Å². The Hall–Kier alpha value is -1.60. The van der Waals surface area contributed by atoms with Gasteiger partial charge in [0, 0.05) is 12.1 Å². The number of hydrogen-bond donors (Lipinski definition) is 1. The summed E-state index contributed by atoms with van der Waals surface area (Å²) in [7, 11) is 0. The number of rotatable bonds is 6. The van der Waals surface area contributed by atoms with Crippen molar-refractivity contribution < 1.29 is 0 Å². The van der Waals surface area contributed by atoms with Crippen molar-refractivity contribution in [1.29, 1.82) is 0 Å². The van der Waals surface area contributed by atoms with E-state index in [1.54, 1.807) is 0 Å². The van der Waals surface area contributed by atoms with Crippen molar-refractivity contribution in [3.05, 3.63) is 71.8 Å². The largest absolute Gasteiger partial charge is 0.307 e. The van der Waals surface area contributed by atoms with Crippen molar-refractivity contribution in [2.45, 2.75) is 38.8 Å². The van der Waals surface area contributed by atoms with E-state index < -0.39 is 0 Å². The van der Waals surface area contributed by atoms with E-state index in [9.17, 15) is 0 Å². The first-order chi connectivity index (χ1) is 9.29. The molecule has 100 valence electrons. The Morgan fingerprint density at radius 2 is 1.47 bits per heavy atom. The Morgan fingerprint density at radius 3 is 2.05 bits per heavy atom. The molecular weight excluding hydrogens is 230 g/mol. The van der Waals surface area contributed by atoms with Crippen LogP contribution in [0, 0.1) is 0 Å². The standard InChI is InChI=1S/C18H23N/c1-3-18(14-16-10-6-4-7-11-16)19-15(2)17-12-8-5-9-13-17/h4-13,15,18-19H,3,14H2,1-2H3/t15-,18+/m1/s1.